The first-order valence-corrected chi connectivity index (χ1v) is 7.10. The number of hydrogen-bond acceptors (Lipinski definition) is 4. The van der Waals surface area contributed by atoms with Crippen molar-refractivity contribution >= 4 is 29.5 Å². The molecule has 0 aliphatic carbocycles. The van der Waals surface area contributed by atoms with Crippen LogP contribution in [0.2, 0.25) is 0 Å². The molecule has 0 atom stereocenters. The number of aromatic nitrogens is 1. The normalized spacial score (nSPS) is 12.5. The topological polar surface area (TPSA) is 91.3 Å². The predicted octanol–water partition coefficient (Wildman–Crippen LogP) is 2.99. The van der Waals surface area contributed by atoms with E-state index in [2.05, 4.69) is 15.6 Å². The fourth-order valence-electron chi connectivity index (χ4n) is 1.48. The van der Waals surface area contributed by atoms with E-state index >= 15 is 0 Å². The maximum atomic E-state index is 11.3. The monoisotopic (exact) mass is 293 g/mol. The molecule has 1 aliphatic heterocycles. The van der Waals surface area contributed by atoms with Gasteiger partial charge in [-0.25, -0.2) is 9.78 Å². The van der Waals surface area contributed by atoms with Crippen LogP contribution in [-0.2, 0) is 9.59 Å². The molecule has 0 spiro atoms. The van der Waals surface area contributed by atoms with Crippen molar-refractivity contribution in [2.24, 2.45) is 0 Å². The number of aliphatic carboxylic acids is 1. The number of anilines is 2. The lowest BCUT2D eigenvalue weighted by Gasteiger charge is -2.06. The molecular weight excluding hydrogens is 270 g/mol. The van der Waals surface area contributed by atoms with Gasteiger partial charge in [-0.15, -0.1) is 0 Å². The molecule has 1 aromatic rings. The van der Waals surface area contributed by atoms with Gasteiger partial charge in [-0.3, -0.25) is 4.79 Å². The maximum absolute atomic E-state index is 11.3. The summed E-state index contributed by atoms with van der Waals surface area (Å²) in [6.45, 7) is 8.53. The van der Waals surface area contributed by atoms with Gasteiger partial charge in [0.25, 0.3) is 0 Å². The summed E-state index contributed by atoms with van der Waals surface area (Å²) in [5.74, 6) is -0.626. The van der Waals surface area contributed by atoms with E-state index in [0.29, 0.717) is 30.0 Å². The number of amides is 1. The highest BCUT2D eigenvalue weighted by Gasteiger charge is 2.12. The van der Waals surface area contributed by atoms with E-state index in [-0.39, 0.29) is 5.91 Å². The first-order valence-electron chi connectivity index (χ1n) is 7.10. The molecule has 0 unspecified atom stereocenters. The molecule has 6 nitrogen and oxygen atoms in total. The number of rotatable bonds is 2. The number of carboxylic acid groups (broad SMARTS) is 1. The number of hydrogen-bond donors (Lipinski definition) is 3. The smallest absolute Gasteiger partial charge is 0.328 e. The third-order valence-corrected chi connectivity index (χ3v) is 2.25. The molecule has 0 saturated carbocycles. The number of fused-ring (bicyclic) bond motifs is 1. The summed E-state index contributed by atoms with van der Waals surface area (Å²) in [6.07, 6.45) is 4.38. The van der Waals surface area contributed by atoms with Gasteiger partial charge in [-0.2, -0.15) is 0 Å². The molecule has 0 fully saturated rings. The summed E-state index contributed by atoms with van der Waals surface area (Å²) in [5, 5.41) is 14.2. The van der Waals surface area contributed by atoms with E-state index in [4.69, 9.17) is 5.11 Å². The fourth-order valence-corrected chi connectivity index (χ4v) is 1.48. The molecule has 1 aliphatic rings. The van der Waals surface area contributed by atoms with Crippen LogP contribution < -0.4 is 10.6 Å². The summed E-state index contributed by atoms with van der Waals surface area (Å²) in [5.41, 5.74) is 1.36. The Morgan fingerprint density at radius 1 is 1.33 bits per heavy atom. The van der Waals surface area contributed by atoms with Crippen molar-refractivity contribution < 1.29 is 14.7 Å². The van der Waals surface area contributed by atoms with E-state index < -0.39 is 5.97 Å². The van der Waals surface area contributed by atoms with Gasteiger partial charge in [0.15, 0.2) is 5.82 Å². The first kappa shape index (κ1) is 18.6. The fraction of sp³-hybridized carbons (Fsp3) is 0.400. The largest absolute Gasteiger partial charge is 0.478 e. The molecule has 1 amide bonds. The molecule has 0 saturated heterocycles. The van der Waals surface area contributed by atoms with Crippen LogP contribution in [0, 0.1) is 0 Å². The number of nitrogens with one attached hydrogen (secondary N) is 2. The number of pyridine rings is 1. The molecule has 6 heteroatoms. The first-order chi connectivity index (χ1) is 10.1. The third-order valence-electron chi connectivity index (χ3n) is 2.25. The van der Waals surface area contributed by atoms with Crippen molar-refractivity contribution in [3.8, 4) is 0 Å². The summed E-state index contributed by atoms with van der Waals surface area (Å²) >= 11 is 0. The lowest BCUT2D eigenvalue weighted by atomic mass is 10.2. The molecular formula is C15H23N3O3. The van der Waals surface area contributed by atoms with E-state index in [9.17, 15) is 9.59 Å². The van der Waals surface area contributed by atoms with Gasteiger partial charge in [-0.1, -0.05) is 27.7 Å². The van der Waals surface area contributed by atoms with E-state index in [1.54, 1.807) is 6.07 Å². The molecule has 116 valence electrons. The van der Waals surface area contributed by atoms with E-state index in [0.717, 1.165) is 6.08 Å². The van der Waals surface area contributed by atoms with Gasteiger partial charge < -0.3 is 15.7 Å². The van der Waals surface area contributed by atoms with Crippen LogP contribution in [0.3, 0.4) is 0 Å². The molecule has 2 rings (SSSR count). The minimum absolute atomic E-state index is 0.0856. The Balaban J connectivity index is 0.000000921. The average molecular weight is 293 g/mol. The Labute approximate surface area is 125 Å². The van der Waals surface area contributed by atoms with Gasteiger partial charge in [0.2, 0.25) is 5.91 Å². The maximum Gasteiger partial charge on any atom is 0.328 e. The summed E-state index contributed by atoms with van der Waals surface area (Å²) in [4.78, 5) is 25.7. The van der Waals surface area contributed by atoms with Gasteiger partial charge in [0.1, 0.15) is 0 Å². The molecule has 0 radical (unpaired) electrons. The number of carboxylic acids is 1. The Morgan fingerprint density at radius 3 is 2.62 bits per heavy atom. The third kappa shape index (κ3) is 6.56. The lowest BCUT2D eigenvalue weighted by molar-refractivity contribution is -0.131. The van der Waals surface area contributed by atoms with Gasteiger partial charge >= 0.3 is 5.97 Å². The zero-order valence-electron chi connectivity index (χ0n) is 12.9. The lowest BCUT2D eigenvalue weighted by Crippen LogP contribution is -2.11. The quantitative estimate of drug-likeness (QED) is 0.729. The summed E-state index contributed by atoms with van der Waals surface area (Å²) in [7, 11) is 0. The molecule has 2 heterocycles. The van der Waals surface area contributed by atoms with Crippen molar-refractivity contribution in [2.45, 2.75) is 34.1 Å². The van der Waals surface area contributed by atoms with Gasteiger partial charge in [0.05, 0.1) is 5.69 Å². The number of carbonyl (C=O) groups is 2. The highest BCUT2D eigenvalue weighted by molar-refractivity contribution is 5.95. The van der Waals surface area contributed by atoms with Crippen LogP contribution in [0.25, 0.3) is 6.08 Å². The Morgan fingerprint density at radius 2 is 2.00 bits per heavy atom. The van der Waals surface area contributed by atoms with Crippen LogP contribution in [-0.4, -0.2) is 28.5 Å². The Bertz CT molecular complexity index is 499. The average Bonchev–Trinajstić information content (AvgIpc) is 2.69. The number of nitrogens with zero attached hydrogens (tertiary/aromatic N) is 1. The minimum Gasteiger partial charge on any atom is -0.478 e. The molecule has 0 aromatic carbocycles. The highest BCUT2D eigenvalue weighted by Crippen LogP contribution is 2.23. The second-order valence-corrected chi connectivity index (χ2v) is 3.56. The van der Waals surface area contributed by atoms with Crippen LogP contribution in [0.5, 0.6) is 0 Å². The standard InChI is InChI=1S/C11H11N3O3.2C2H6/c15-9-3-4-12-8-5-7(1-2-10(16)17)6-13-11(8)14-9;2*1-2/h1-2,5-6,12H,3-4H2,(H,16,17)(H,13,14,15);2*1-2H3/b2-1+;;. The van der Waals surface area contributed by atoms with Crippen molar-refractivity contribution in [3.63, 3.8) is 0 Å². The van der Waals surface area contributed by atoms with Gasteiger partial charge in [-0.05, 0) is 17.7 Å². The Kier molecular flexibility index (Phi) is 9.25. The SMILES string of the molecule is CC.CC.O=C(O)/C=C/c1cnc2c(c1)NCCC(=O)N2. The Hall–Kier alpha value is -2.37. The summed E-state index contributed by atoms with van der Waals surface area (Å²) < 4.78 is 0. The highest BCUT2D eigenvalue weighted by atomic mass is 16.4. The summed E-state index contributed by atoms with van der Waals surface area (Å²) in [6, 6.07) is 1.74. The predicted molar refractivity (Wildman–Crippen MR) is 85.3 cm³/mol. The second-order valence-electron chi connectivity index (χ2n) is 3.56. The number of carbonyl (C=O) groups excluding carboxylic acids is 1. The molecule has 3 N–H and O–H groups in total. The molecule has 1 aromatic heterocycles. The zero-order valence-corrected chi connectivity index (χ0v) is 12.9. The van der Waals surface area contributed by atoms with Crippen molar-refractivity contribution in [2.75, 3.05) is 17.2 Å². The van der Waals surface area contributed by atoms with Crippen molar-refractivity contribution in [1.29, 1.82) is 0 Å². The molecule has 21 heavy (non-hydrogen) atoms. The second kappa shape index (κ2) is 10.4. The van der Waals surface area contributed by atoms with Crippen LogP contribution in [0.4, 0.5) is 11.5 Å². The molecule has 0 bridgehead atoms. The van der Waals surface area contributed by atoms with Crippen LogP contribution in [0.15, 0.2) is 18.3 Å². The van der Waals surface area contributed by atoms with E-state index in [1.807, 2.05) is 27.7 Å². The van der Waals surface area contributed by atoms with Crippen molar-refractivity contribution in [1.82, 2.24) is 4.98 Å². The minimum atomic E-state index is -1.01. The van der Waals surface area contributed by atoms with Crippen LogP contribution in [0.1, 0.15) is 39.7 Å². The van der Waals surface area contributed by atoms with E-state index in [1.165, 1.54) is 12.3 Å². The van der Waals surface area contributed by atoms with Crippen LogP contribution >= 0.6 is 0 Å². The van der Waals surface area contributed by atoms with Crippen molar-refractivity contribution in [3.05, 3.63) is 23.9 Å². The van der Waals surface area contributed by atoms with Gasteiger partial charge in [0, 0.05) is 25.2 Å². The zero-order chi connectivity index (χ0) is 16.3.